The Morgan fingerprint density at radius 2 is 1.64 bits per heavy atom. The Morgan fingerprint density at radius 3 is 2.52 bits per heavy atom. The normalized spacial score (nSPS) is 10.5. The van der Waals surface area contributed by atoms with E-state index in [2.05, 4.69) is 95.4 Å². The fourth-order valence-corrected chi connectivity index (χ4v) is 3.72. The molecule has 0 spiro atoms. The van der Waals surface area contributed by atoms with Gasteiger partial charge in [0.1, 0.15) is 0 Å². The van der Waals surface area contributed by atoms with Gasteiger partial charge >= 0.3 is 0 Å². The zero-order valence-electron chi connectivity index (χ0n) is 14.7. The molecule has 0 aliphatic rings. The van der Waals surface area contributed by atoms with Crippen molar-refractivity contribution in [3.63, 3.8) is 0 Å². The molecule has 0 bridgehead atoms. The molecule has 3 aromatic carbocycles. The molecule has 0 aromatic heterocycles. The molecule has 1 heteroatoms. The number of hydrogen-bond donors (Lipinski definition) is 0. The minimum atomic E-state index is 0.974. The topological polar surface area (TPSA) is 0 Å². The quantitative estimate of drug-likeness (QED) is 0.310. The van der Waals surface area contributed by atoms with E-state index < -0.39 is 0 Å². The van der Waals surface area contributed by atoms with E-state index in [9.17, 15) is 0 Å². The maximum atomic E-state index is 3.75. The van der Waals surface area contributed by atoms with Crippen molar-refractivity contribution in [2.24, 2.45) is 0 Å². The zero-order valence-corrected chi connectivity index (χ0v) is 16.3. The molecule has 0 nitrogen and oxygen atoms in total. The SMILES string of the molecule is CCCCCCC#Cc1cccc(Br)c1-c1cccc2ccccc12. The van der Waals surface area contributed by atoms with Crippen LogP contribution in [0.3, 0.4) is 0 Å². The molecular weight excluding hydrogens is 368 g/mol. The van der Waals surface area contributed by atoms with E-state index in [-0.39, 0.29) is 0 Å². The second-order valence-corrected chi connectivity index (χ2v) is 7.16. The minimum absolute atomic E-state index is 0.974. The monoisotopic (exact) mass is 390 g/mol. The molecule has 0 N–H and O–H groups in total. The van der Waals surface area contributed by atoms with Gasteiger partial charge in [0.25, 0.3) is 0 Å². The van der Waals surface area contributed by atoms with Crippen LogP contribution in [0.4, 0.5) is 0 Å². The predicted molar refractivity (Wildman–Crippen MR) is 113 cm³/mol. The molecule has 25 heavy (non-hydrogen) atoms. The maximum Gasteiger partial charge on any atom is 0.0335 e. The summed E-state index contributed by atoms with van der Waals surface area (Å²) in [6, 6.07) is 21.3. The smallest absolute Gasteiger partial charge is 0.0335 e. The molecule has 0 aliphatic carbocycles. The average Bonchev–Trinajstić information content (AvgIpc) is 2.64. The third kappa shape index (κ3) is 4.33. The third-order valence-corrected chi connectivity index (χ3v) is 5.11. The molecule has 0 amide bonds. The van der Waals surface area contributed by atoms with Gasteiger partial charge in [0.15, 0.2) is 0 Å². The van der Waals surface area contributed by atoms with E-state index in [1.54, 1.807) is 0 Å². The highest BCUT2D eigenvalue weighted by Crippen LogP contribution is 2.36. The highest BCUT2D eigenvalue weighted by atomic mass is 79.9. The summed E-state index contributed by atoms with van der Waals surface area (Å²) in [5.41, 5.74) is 3.53. The molecule has 0 aliphatic heterocycles. The van der Waals surface area contributed by atoms with Gasteiger partial charge in [0.2, 0.25) is 0 Å². The van der Waals surface area contributed by atoms with Gasteiger partial charge in [-0.05, 0) is 34.9 Å². The lowest BCUT2D eigenvalue weighted by Crippen LogP contribution is -1.88. The Balaban J connectivity index is 1.98. The standard InChI is InChI=1S/C24H23Br/c1-2-3-4-5-6-7-13-20-15-11-18-23(25)24(20)22-17-10-14-19-12-8-9-16-21(19)22/h8-12,14-18H,2-6H2,1H3. The van der Waals surface area contributed by atoms with Gasteiger partial charge in [-0.3, -0.25) is 0 Å². The van der Waals surface area contributed by atoms with E-state index in [4.69, 9.17) is 0 Å². The number of unbranched alkanes of at least 4 members (excludes halogenated alkanes) is 4. The van der Waals surface area contributed by atoms with Crippen molar-refractivity contribution in [3.8, 4) is 23.0 Å². The molecule has 0 unspecified atom stereocenters. The van der Waals surface area contributed by atoms with Gasteiger partial charge < -0.3 is 0 Å². The summed E-state index contributed by atoms with van der Waals surface area (Å²) >= 11 is 3.75. The fourth-order valence-electron chi connectivity index (χ4n) is 3.14. The Kier molecular flexibility index (Phi) is 6.31. The van der Waals surface area contributed by atoms with E-state index >= 15 is 0 Å². The third-order valence-electron chi connectivity index (χ3n) is 4.45. The summed E-state index contributed by atoms with van der Waals surface area (Å²) in [7, 11) is 0. The van der Waals surface area contributed by atoms with Crippen molar-refractivity contribution in [1.82, 2.24) is 0 Å². The summed E-state index contributed by atoms with van der Waals surface area (Å²) in [4.78, 5) is 0. The van der Waals surface area contributed by atoms with Gasteiger partial charge in [-0.15, -0.1) is 0 Å². The zero-order chi connectivity index (χ0) is 17.5. The van der Waals surface area contributed by atoms with Crippen molar-refractivity contribution >= 4 is 26.7 Å². The Bertz CT molecular complexity index is 907. The molecule has 3 rings (SSSR count). The first-order valence-corrected chi connectivity index (χ1v) is 9.86. The van der Waals surface area contributed by atoms with Crippen molar-refractivity contribution in [2.75, 3.05) is 0 Å². The van der Waals surface area contributed by atoms with Crippen LogP contribution >= 0.6 is 15.9 Å². The molecule has 0 fully saturated rings. The highest BCUT2D eigenvalue weighted by molar-refractivity contribution is 9.10. The van der Waals surface area contributed by atoms with Crippen molar-refractivity contribution in [1.29, 1.82) is 0 Å². The molecule has 0 saturated heterocycles. The molecular formula is C24H23Br. The van der Waals surface area contributed by atoms with Gasteiger partial charge in [0, 0.05) is 22.0 Å². The summed E-state index contributed by atoms with van der Waals surface area (Å²) in [6.45, 7) is 2.24. The first-order valence-electron chi connectivity index (χ1n) is 9.07. The van der Waals surface area contributed by atoms with Crippen molar-refractivity contribution in [3.05, 3.63) is 70.7 Å². The van der Waals surface area contributed by atoms with Crippen molar-refractivity contribution in [2.45, 2.75) is 39.0 Å². The van der Waals surface area contributed by atoms with Gasteiger partial charge in [-0.1, -0.05) is 102 Å². The van der Waals surface area contributed by atoms with Crippen LogP contribution in [-0.4, -0.2) is 0 Å². The van der Waals surface area contributed by atoms with Crippen LogP contribution < -0.4 is 0 Å². The van der Waals surface area contributed by atoms with Crippen LogP contribution in [0.2, 0.25) is 0 Å². The average molecular weight is 391 g/mol. The molecule has 0 radical (unpaired) electrons. The number of fused-ring (bicyclic) bond motifs is 1. The van der Waals surface area contributed by atoms with E-state index in [0.717, 1.165) is 16.5 Å². The Morgan fingerprint density at radius 1 is 0.840 bits per heavy atom. The molecule has 3 aromatic rings. The van der Waals surface area contributed by atoms with E-state index in [1.165, 1.54) is 47.6 Å². The lowest BCUT2D eigenvalue weighted by Gasteiger charge is -2.11. The number of halogens is 1. The fraction of sp³-hybridized carbons (Fsp3) is 0.250. The summed E-state index contributed by atoms with van der Waals surface area (Å²) in [5.74, 6) is 6.79. The summed E-state index contributed by atoms with van der Waals surface area (Å²) in [6.07, 6.45) is 6.02. The molecule has 126 valence electrons. The van der Waals surface area contributed by atoms with Crippen LogP contribution in [-0.2, 0) is 0 Å². The molecule has 0 heterocycles. The molecule has 0 atom stereocenters. The number of benzene rings is 3. The number of hydrogen-bond acceptors (Lipinski definition) is 0. The van der Waals surface area contributed by atoms with Crippen LogP contribution in [0.5, 0.6) is 0 Å². The molecule has 0 saturated carbocycles. The van der Waals surface area contributed by atoms with Crippen LogP contribution in [0, 0.1) is 11.8 Å². The van der Waals surface area contributed by atoms with Gasteiger partial charge in [0.05, 0.1) is 0 Å². The van der Waals surface area contributed by atoms with Gasteiger partial charge in [-0.2, -0.15) is 0 Å². The first-order chi connectivity index (χ1) is 12.3. The predicted octanol–water partition coefficient (Wildman–Crippen LogP) is 7.59. The van der Waals surface area contributed by atoms with Gasteiger partial charge in [-0.25, -0.2) is 0 Å². The second-order valence-electron chi connectivity index (χ2n) is 6.30. The van der Waals surface area contributed by atoms with Crippen molar-refractivity contribution < 1.29 is 0 Å². The maximum absolute atomic E-state index is 3.75. The second kappa shape index (κ2) is 8.88. The lowest BCUT2D eigenvalue weighted by atomic mass is 9.95. The lowest BCUT2D eigenvalue weighted by molar-refractivity contribution is 0.679. The van der Waals surface area contributed by atoms with Crippen LogP contribution in [0.1, 0.15) is 44.6 Å². The summed E-state index contributed by atoms with van der Waals surface area (Å²) < 4.78 is 1.10. The number of rotatable bonds is 5. The first kappa shape index (κ1) is 17.8. The highest BCUT2D eigenvalue weighted by Gasteiger charge is 2.10. The largest absolute Gasteiger partial charge is 0.0979 e. The van der Waals surface area contributed by atoms with Crippen LogP contribution in [0.15, 0.2) is 65.1 Å². The van der Waals surface area contributed by atoms with E-state index in [0.29, 0.717) is 0 Å². The Labute approximate surface area is 159 Å². The van der Waals surface area contributed by atoms with Crippen LogP contribution in [0.25, 0.3) is 21.9 Å². The van der Waals surface area contributed by atoms with E-state index in [1.807, 2.05) is 0 Å². The Hall–Kier alpha value is -2.04. The summed E-state index contributed by atoms with van der Waals surface area (Å²) in [5, 5.41) is 2.53. The minimum Gasteiger partial charge on any atom is -0.0979 e.